The molecule has 0 amide bonds. The molecule has 0 heterocycles. The largest absolute Gasteiger partial charge is 0.791 e. The zero-order valence-corrected chi connectivity index (χ0v) is 3.30. The number of hydrogen-bond donors (Lipinski definition) is 0. The van der Waals surface area contributed by atoms with Gasteiger partial charge in [0.25, 0.3) is 6.11 Å². The van der Waals surface area contributed by atoms with Gasteiger partial charge in [0.05, 0.1) is 0 Å². The van der Waals surface area contributed by atoms with E-state index >= 15 is 0 Å². The van der Waals surface area contributed by atoms with E-state index in [9.17, 15) is 22.0 Å². The zero-order valence-electron chi connectivity index (χ0n) is 3.30. The Morgan fingerprint density at radius 1 is 0.875 bits per heavy atom. The molecule has 0 radical (unpaired) electrons. The normalized spacial score (nSPS) is 14.2. The highest BCUT2D eigenvalue weighted by atomic mass is 19.4. The fourth-order valence-electron chi connectivity index (χ4n) is 0. The minimum atomic E-state index is -5.95. The van der Waals surface area contributed by atoms with Crippen LogP contribution in [0.15, 0.2) is 0 Å². The van der Waals surface area contributed by atoms with Gasteiger partial charge in [0, 0.05) is 0 Å². The lowest BCUT2D eigenvalue weighted by Gasteiger charge is -2.23. The van der Waals surface area contributed by atoms with Gasteiger partial charge in [-0.25, -0.2) is 8.78 Å². The second kappa shape index (κ2) is 1.54. The van der Waals surface area contributed by atoms with E-state index in [1.54, 1.807) is 0 Å². The van der Waals surface area contributed by atoms with Gasteiger partial charge in [-0.3, -0.25) is 0 Å². The maximum Gasteiger partial charge on any atom is 0.437 e. The van der Waals surface area contributed by atoms with Crippen LogP contribution in [0.5, 0.6) is 0 Å². The third-order valence-corrected chi connectivity index (χ3v) is 0.330. The van der Waals surface area contributed by atoms with Gasteiger partial charge >= 0.3 is 6.18 Å². The van der Waals surface area contributed by atoms with Crippen LogP contribution in [-0.2, 0) is 0 Å². The summed E-state index contributed by atoms with van der Waals surface area (Å²) in [7, 11) is 0. The second-order valence-electron chi connectivity index (χ2n) is 1.01. The first kappa shape index (κ1) is 7.61. The van der Waals surface area contributed by atoms with E-state index in [-0.39, 0.29) is 0 Å². The highest BCUT2D eigenvalue weighted by Crippen LogP contribution is 2.29. The molecule has 0 saturated heterocycles. The van der Waals surface area contributed by atoms with Crippen LogP contribution in [-0.4, -0.2) is 12.3 Å². The standard InChI is InChI=1S/C2F5O/c3-1(4,5)2(6,7)8/q-1. The Bertz CT molecular complexity index is 65.4. The molecule has 0 atom stereocenters. The third kappa shape index (κ3) is 1.61. The Labute approximate surface area is 40.7 Å². The van der Waals surface area contributed by atoms with Crippen molar-refractivity contribution in [2.24, 2.45) is 0 Å². The van der Waals surface area contributed by atoms with Crippen molar-refractivity contribution in [3.63, 3.8) is 0 Å². The minimum Gasteiger partial charge on any atom is -0.791 e. The molecule has 0 aliphatic carbocycles. The van der Waals surface area contributed by atoms with Gasteiger partial charge in [0.2, 0.25) is 0 Å². The summed E-state index contributed by atoms with van der Waals surface area (Å²) >= 11 is 0. The highest BCUT2D eigenvalue weighted by Gasteiger charge is 2.47. The van der Waals surface area contributed by atoms with Crippen molar-refractivity contribution in [1.29, 1.82) is 0 Å². The predicted molar refractivity (Wildman–Crippen MR) is 11.0 cm³/mol. The molecule has 0 aromatic rings. The first-order valence-corrected chi connectivity index (χ1v) is 1.40. The summed E-state index contributed by atoms with van der Waals surface area (Å²) in [6.45, 7) is 0. The second-order valence-corrected chi connectivity index (χ2v) is 1.01. The van der Waals surface area contributed by atoms with Crippen molar-refractivity contribution in [2.45, 2.75) is 12.3 Å². The Morgan fingerprint density at radius 2 is 1.00 bits per heavy atom. The molecule has 0 fully saturated rings. The van der Waals surface area contributed by atoms with E-state index in [0.717, 1.165) is 0 Å². The van der Waals surface area contributed by atoms with Crippen molar-refractivity contribution < 1.29 is 27.1 Å². The smallest absolute Gasteiger partial charge is 0.437 e. The molecule has 6 heteroatoms. The van der Waals surface area contributed by atoms with E-state index in [1.807, 2.05) is 0 Å². The van der Waals surface area contributed by atoms with Crippen molar-refractivity contribution in [1.82, 2.24) is 0 Å². The van der Waals surface area contributed by atoms with Crippen LogP contribution in [0.4, 0.5) is 22.0 Å². The van der Waals surface area contributed by atoms with Crippen LogP contribution in [0.2, 0.25) is 0 Å². The maximum atomic E-state index is 10.5. The van der Waals surface area contributed by atoms with Gasteiger partial charge < -0.3 is 5.11 Å². The third-order valence-electron chi connectivity index (χ3n) is 0.330. The molecule has 0 bridgehead atoms. The number of hydrogen-bond acceptors (Lipinski definition) is 1. The molecule has 0 aromatic heterocycles. The van der Waals surface area contributed by atoms with Crippen LogP contribution in [0.25, 0.3) is 0 Å². The van der Waals surface area contributed by atoms with Crippen molar-refractivity contribution >= 4 is 0 Å². The number of rotatable bonds is 0. The average Bonchev–Trinajstić information content (AvgIpc) is 1.25. The molecule has 0 spiro atoms. The summed E-state index contributed by atoms with van der Waals surface area (Å²) in [5, 5.41) is 8.67. The monoisotopic (exact) mass is 135 g/mol. The van der Waals surface area contributed by atoms with Gasteiger partial charge in [-0.15, -0.1) is 0 Å². The molecule has 50 valence electrons. The Morgan fingerprint density at radius 3 is 1.00 bits per heavy atom. The lowest BCUT2D eigenvalue weighted by molar-refractivity contribution is -0.627. The topological polar surface area (TPSA) is 23.1 Å². The molecule has 1 nitrogen and oxygen atoms in total. The zero-order chi connectivity index (χ0) is 7.00. The van der Waals surface area contributed by atoms with E-state index in [2.05, 4.69) is 0 Å². The van der Waals surface area contributed by atoms with Gasteiger partial charge in [0.1, 0.15) is 0 Å². The molecule has 0 rings (SSSR count). The van der Waals surface area contributed by atoms with Crippen LogP contribution in [0.3, 0.4) is 0 Å². The molecule has 0 N–H and O–H groups in total. The van der Waals surface area contributed by atoms with Crippen molar-refractivity contribution in [2.75, 3.05) is 0 Å². The molecule has 0 aliphatic heterocycles. The first-order valence-electron chi connectivity index (χ1n) is 1.40. The minimum absolute atomic E-state index is 5.81. The molecular weight excluding hydrogens is 135 g/mol. The summed E-state index contributed by atoms with van der Waals surface area (Å²) in [5.74, 6) is 0. The number of alkyl halides is 5. The van der Waals surface area contributed by atoms with E-state index in [4.69, 9.17) is 5.11 Å². The fourth-order valence-corrected chi connectivity index (χ4v) is 0. The van der Waals surface area contributed by atoms with Crippen LogP contribution < -0.4 is 5.11 Å². The van der Waals surface area contributed by atoms with Gasteiger partial charge in [-0.05, 0) is 0 Å². The summed E-state index contributed by atoms with van der Waals surface area (Å²) in [4.78, 5) is 0. The SMILES string of the molecule is [O-]C(F)(F)C(F)(F)F. The molecule has 0 aromatic carbocycles. The Hall–Kier alpha value is -0.390. The van der Waals surface area contributed by atoms with E-state index in [1.165, 1.54) is 0 Å². The number of halogens is 5. The van der Waals surface area contributed by atoms with Crippen LogP contribution in [0, 0.1) is 0 Å². The highest BCUT2D eigenvalue weighted by molar-refractivity contribution is 4.57. The van der Waals surface area contributed by atoms with Crippen LogP contribution in [0.1, 0.15) is 0 Å². The Kier molecular flexibility index (Phi) is 1.47. The molecule has 0 unspecified atom stereocenters. The lowest BCUT2D eigenvalue weighted by Crippen LogP contribution is -2.48. The van der Waals surface area contributed by atoms with E-state index in [0.29, 0.717) is 0 Å². The van der Waals surface area contributed by atoms with Crippen molar-refractivity contribution in [3.8, 4) is 0 Å². The molecular formula is C2F5O-. The average molecular weight is 135 g/mol. The van der Waals surface area contributed by atoms with Crippen molar-refractivity contribution in [3.05, 3.63) is 0 Å². The summed E-state index contributed by atoms with van der Waals surface area (Å²) in [6, 6.07) is 0. The van der Waals surface area contributed by atoms with Gasteiger partial charge in [-0.2, -0.15) is 13.2 Å². The Balaban J connectivity index is 4.02. The fraction of sp³-hybridized carbons (Fsp3) is 1.00. The molecule has 8 heavy (non-hydrogen) atoms. The first-order chi connectivity index (χ1) is 3.25. The quantitative estimate of drug-likeness (QED) is 0.443. The van der Waals surface area contributed by atoms with E-state index < -0.39 is 12.3 Å². The summed E-state index contributed by atoms with van der Waals surface area (Å²) < 4.78 is 52.6. The van der Waals surface area contributed by atoms with Crippen LogP contribution >= 0.6 is 0 Å². The summed E-state index contributed by atoms with van der Waals surface area (Å²) in [5.41, 5.74) is 0. The van der Waals surface area contributed by atoms with Gasteiger partial charge in [0.15, 0.2) is 0 Å². The predicted octanol–water partition coefficient (Wildman–Crippen LogP) is 0.502. The lowest BCUT2D eigenvalue weighted by atomic mass is 10.6. The molecule has 0 saturated carbocycles. The molecule has 0 aliphatic rings. The van der Waals surface area contributed by atoms with Gasteiger partial charge in [-0.1, -0.05) is 0 Å². The maximum absolute atomic E-state index is 10.5. The summed E-state index contributed by atoms with van der Waals surface area (Å²) in [6.07, 6.45) is -11.8.